The molecule has 22 rings (SSSR count). The van der Waals surface area contributed by atoms with Gasteiger partial charge in [0.2, 0.25) is 0 Å². The summed E-state index contributed by atoms with van der Waals surface area (Å²) >= 11 is 0. The van der Waals surface area contributed by atoms with Crippen LogP contribution in [0.15, 0.2) is 437 Å². The maximum absolute atomic E-state index is 2.49. The molecule has 0 radical (unpaired) electrons. The van der Waals surface area contributed by atoms with Gasteiger partial charge in [0, 0.05) is 44.8 Å². The fourth-order valence-corrected chi connectivity index (χ4v) is 20.8. The van der Waals surface area contributed by atoms with Crippen LogP contribution in [0.1, 0.15) is 94.5 Å². The molecule has 0 spiro atoms. The van der Waals surface area contributed by atoms with Crippen LogP contribution in [0.4, 0.5) is 34.1 Å². The molecular weight excluding hydrogens is 1420 g/mol. The van der Waals surface area contributed by atoms with Gasteiger partial charge in [-0.2, -0.15) is 0 Å². The second-order valence-corrected chi connectivity index (χ2v) is 33.4. The Morgan fingerprint density at radius 1 is 0.153 bits per heavy atom. The Morgan fingerprint density at radius 2 is 0.432 bits per heavy atom. The van der Waals surface area contributed by atoms with Crippen LogP contribution in [0.5, 0.6) is 0 Å². The van der Waals surface area contributed by atoms with Crippen molar-refractivity contribution in [2.24, 2.45) is 0 Å². The van der Waals surface area contributed by atoms with Gasteiger partial charge in [-0.25, -0.2) is 0 Å². The van der Waals surface area contributed by atoms with Crippen molar-refractivity contribution in [2.45, 2.75) is 49.4 Å². The molecule has 0 fully saturated rings. The Balaban J connectivity index is 0.611. The highest BCUT2D eigenvalue weighted by atomic mass is 15.1. The summed E-state index contributed by atoms with van der Waals surface area (Å²) in [6.45, 7) is 9.49. The van der Waals surface area contributed by atoms with Crippen LogP contribution in [-0.4, -0.2) is 0 Å². The molecule has 2 nitrogen and oxygen atoms in total. The molecule has 0 saturated carbocycles. The van der Waals surface area contributed by atoms with E-state index in [-0.39, 0.29) is 10.8 Å². The lowest BCUT2D eigenvalue weighted by atomic mass is 9.67. The maximum atomic E-state index is 2.49. The van der Waals surface area contributed by atoms with Crippen molar-refractivity contribution in [3.63, 3.8) is 0 Å². The molecule has 558 valence electrons. The Kier molecular flexibility index (Phi) is 16.5. The average molecular weight is 1510 g/mol. The highest BCUT2D eigenvalue weighted by molar-refractivity contribution is 5.95. The van der Waals surface area contributed by atoms with E-state index < -0.39 is 10.8 Å². The third-order valence-electron chi connectivity index (χ3n) is 26.5. The second kappa shape index (κ2) is 27.7. The summed E-state index contributed by atoms with van der Waals surface area (Å²) in [6.07, 6.45) is 0. The van der Waals surface area contributed by atoms with Crippen molar-refractivity contribution in [2.75, 3.05) is 9.80 Å². The van der Waals surface area contributed by atoms with E-state index in [0.717, 1.165) is 73.1 Å². The van der Waals surface area contributed by atoms with E-state index in [9.17, 15) is 0 Å². The van der Waals surface area contributed by atoms with E-state index in [0.29, 0.717) is 0 Å². The average Bonchev–Trinajstić information content (AvgIpc) is 1.54. The molecule has 0 aliphatic heterocycles. The summed E-state index contributed by atoms with van der Waals surface area (Å²) in [5.41, 5.74) is 42.6. The van der Waals surface area contributed by atoms with E-state index in [2.05, 4.69) is 474 Å². The van der Waals surface area contributed by atoms with E-state index in [1.165, 1.54) is 128 Å². The number of rotatable bonds is 15. The molecule has 0 saturated heterocycles. The molecule has 0 bridgehead atoms. The topological polar surface area (TPSA) is 6.48 Å². The molecule has 4 aliphatic rings. The summed E-state index contributed by atoms with van der Waals surface area (Å²) < 4.78 is 0. The number of fused-ring (bicyclic) bond motifs is 12. The SMILES string of the molecule is CC1(C)c2ccccc2-c2ccc(N(c3ccc(-c4cccc(-c5cccc(C6(c7ccccc7)c7ccccc7-c7ccc(-c8ccc(N(c9ccc%10c(c9)C(C)(C)c9ccccc9-%10)c9ccccc9-c9ccccc9)cc8)cc76)c5)c4)cc3)c3ccc(-c4ccc5c(c4)C(c4ccccc4)(c4ccccc4)c4ccccc4-5)cc3)cc21. The second-order valence-electron chi connectivity index (χ2n) is 33.4. The molecule has 1 atom stereocenters. The third-order valence-corrected chi connectivity index (χ3v) is 26.5. The van der Waals surface area contributed by atoms with Crippen LogP contribution in [0.2, 0.25) is 0 Å². The summed E-state index contributed by atoms with van der Waals surface area (Å²) in [5, 5.41) is 0. The highest BCUT2D eigenvalue weighted by Gasteiger charge is 2.48. The zero-order valence-corrected chi connectivity index (χ0v) is 66.5. The van der Waals surface area contributed by atoms with Gasteiger partial charge in [-0.3, -0.25) is 0 Å². The number of para-hydroxylation sites is 1. The first-order chi connectivity index (χ1) is 58.0. The number of anilines is 6. The van der Waals surface area contributed by atoms with Gasteiger partial charge < -0.3 is 9.80 Å². The van der Waals surface area contributed by atoms with Gasteiger partial charge >= 0.3 is 0 Å². The molecule has 0 N–H and O–H groups in total. The minimum absolute atomic E-state index is 0.163. The Morgan fingerprint density at radius 3 is 0.890 bits per heavy atom. The number of hydrogen-bond donors (Lipinski definition) is 0. The molecule has 2 heteroatoms. The van der Waals surface area contributed by atoms with Crippen molar-refractivity contribution < 1.29 is 0 Å². The van der Waals surface area contributed by atoms with Crippen LogP contribution in [0, 0.1) is 0 Å². The van der Waals surface area contributed by atoms with Gasteiger partial charge in [-0.1, -0.05) is 373 Å². The van der Waals surface area contributed by atoms with Gasteiger partial charge in [0.05, 0.1) is 16.5 Å². The Hall–Kier alpha value is -14.4. The van der Waals surface area contributed by atoms with Crippen LogP contribution in [0.25, 0.3) is 100 Å². The third kappa shape index (κ3) is 10.9. The first kappa shape index (κ1) is 70.2. The zero-order chi connectivity index (χ0) is 78.9. The van der Waals surface area contributed by atoms with Crippen molar-refractivity contribution in [1.29, 1.82) is 0 Å². The molecular formula is C116H84N2. The normalized spacial score (nSPS) is 14.8. The van der Waals surface area contributed by atoms with Crippen LogP contribution in [0.3, 0.4) is 0 Å². The van der Waals surface area contributed by atoms with E-state index in [1.807, 2.05) is 0 Å². The smallest absolute Gasteiger partial charge is 0.0713 e. The lowest BCUT2D eigenvalue weighted by Crippen LogP contribution is -2.28. The maximum Gasteiger partial charge on any atom is 0.0713 e. The van der Waals surface area contributed by atoms with Gasteiger partial charge in [-0.15, -0.1) is 0 Å². The first-order valence-electron chi connectivity index (χ1n) is 41.4. The fraction of sp³-hybridized carbons (Fsp3) is 0.0690. The lowest BCUT2D eigenvalue weighted by molar-refractivity contribution is 0.660. The van der Waals surface area contributed by atoms with Crippen LogP contribution < -0.4 is 9.80 Å². The van der Waals surface area contributed by atoms with Crippen molar-refractivity contribution in [1.82, 2.24) is 0 Å². The summed E-state index contributed by atoms with van der Waals surface area (Å²) in [6, 6.07) is 164. The molecule has 0 aromatic heterocycles. The predicted molar refractivity (Wildman–Crippen MR) is 493 cm³/mol. The Labute approximate surface area is 692 Å². The van der Waals surface area contributed by atoms with Crippen molar-refractivity contribution in [3.05, 3.63) is 504 Å². The largest absolute Gasteiger partial charge is 0.310 e. The van der Waals surface area contributed by atoms with Crippen molar-refractivity contribution >= 4 is 34.1 Å². The van der Waals surface area contributed by atoms with Gasteiger partial charge in [0.15, 0.2) is 0 Å². The highest BCUT2D eigenvalue weighted by Crippen LogP contribution is 2.61. The van der Waals surface area contributed by atoms with Gasteiger partial charge in [0.1, 0.15) is 0 Å². The molecule has 118 heavy (non-hydrogen) atoms. The molecule has 0 amide bonds. The summed E-state index contributed by atoms with van der Waals surface area (Å²) in [5.74, 6) is 0. The monoisotopic (exact) mass is 1500 g/mol. The van der Waals surface area contributed by atoms with Gasteiger partial charge in [-0.05, 0) is 252 Å². The van der Waals surface area contributed by atoms with E-state index in [4.69, 9.17) is 0 Å². The van der Waals surface area contributed by atoms with Crippen LogP contribution >= 0.6 is 0 Å². The number of benzene rings is 18. The van der Waals surface area contributed by atoms with Gasteiger partial charge in [0.25, 0.3) is 0 Å². The van der Waals surface area contributed by atoms with Crippen LogP contribution in [-0.2, 0) is 21.7 Å². The molecule has 0 heterocycles. The minimum atomic E-state index is -0.650. The van der Waals surface area contributed by atoms with E-state index >= 15 is 0 Å². The zero-order valence-electron chi connectivity index (χ0n) is 66.5. The summed E-state index contributed by atoms with van der Waals surface area (Å²) in [4.78, 5) is 4.91. The fourth-order valence-electron chi connectivity index (χ4n) is 20.8. The first-order valence-corrected chi connectivity index (χ1v) is 41.4. The predicted octanol–water partition coefficient (Wildman–Crippen LogP) is 30.3. The molecule has 18 aromatic carbocycles. The number of nitrogens with zero attached hydrogens (tertiary/aromatic N) is 2. The molecule has 4 aliphatic carbocycles. The Bertz CT molecular complexity index is 6920. The van der Waals surface area contributed by atoms with E-state index in [1.54, 1.807) is 0 Å². The minimum Gasteiger partial charge on any atom is -0.310 e. The standard InChI is InChI=1S/C116H84N2/c1-113(2)104-46-22-17-42-96(104)100-69-65-93(75-108(100)113)117(91-61-53-78(54-62-91)84-57-67-102-98-44-19-24-48-106(98)115(110(102)73-84,86-34-11-6-12-35-86)87-36-13-7-14-37-87)90-59-51-77(52-60-90)81-31-27-32-82(71-81)83-33-28-40-89(72-83)116(88-38-15-8-16-39-88)107-49-25-20-45-99(107)103-68-58-85(74-111(103)116)79-55-63-92(64-56-79)118(112-50-26-21-41-95(112)80-29-9-5-10-30-80)94-66-70-101-97-43-18-23-47-105(97)114(3,4)109(101)76-94/h5-76H,1-4H3. The van der Waals surface area contributed by atoms with Crippen molar-refractivity contribution in [3.8, 4) is 100 Å². The quantitative estimate of drug-likeness (QED) is 0.101. The number of hydrogen-bond acceptors (Lipinski definition) is 2. The lowest BCUT2D eigenvalue weighted by Gasteiger charge is -2.34. The summed E-state index contributed by atoms with van der Waals surface area (Å²) in [7, 11) is 0. The molecule has 1 unspecified atom stereocenters. The molecule has 18 aromatic rings.